The molecular formula is C13H9N2O. The van der Waals surface area contributed by atoms with Gasteiger partial charge in [-0.3, -0.25) is 0 Å². The first-order chi connectivity index (χ1) is 7.83. The van der Waals surface area contributed by atoms with Gasteiger partial charge in [0.1, 0.15) is 5.52 Å². The lowest BCUT2D eigenvalue weighted by Crippen LogP contribution is -1.82. The minimum absolute atomic E-state index is 0.595. The summed E-state index contributed by atoms with van der Waals surface area (Å²) < 4.78 is 5.59. The molecule has 2 N–H and O–H groups in total. The fraction of sp³-hybridized carbons (Fsp3) is 0. The van der Waals surface area contributed by atoms with E-state index in [1.54, 1.807) is 12.1 Å². The fourth-order valence-electron chi connectivity index (χ4n) is 1.59. The highest BCUT2D eigenvalue weighted by Gasteiger charge is 2.07. The maximum atomic E-state index is 5.66. The lowest BCUT2D eigenvalue weighted by molar-refractivity contribution is 0.619. The van der Waals surface area contributed by atoms with Gasteiger partial charge in [0.25, 0.3) is 0 Å². The first-order valence-electron chi connectivity index (χ1n) is 4.96. The smallest absolute Gasteiger partial charge is 0.227 e. The zero-order valence-electron chi connectivity index (χ0n) is 8.47. The molecule has 3 aromatic rings. The van der Waals surface area contributed by atoms with Crippen LogP contribution >= 0.6 is 0 Å². The number of fused-ring (bicyclic) bond motifs is 1. The van der Waals surface area contributed by atoms with Crippen molar-refractivity contribution in [1.29, 1.82) is 0 Å². The Morgan fingerprint density at radius 2 is 2.00 bits per heavy atom. The quantitative estimate of drug-likeness (QED) is 0.627. The van der Waals surface area contributed by atoms with Crippen LogP contribution in [0.1, 0.15) is 0 Å². The van der Waals surface area contributed by atoms with Crippen LogP contribution in [0.5, 0.6) is 0 Å². The van der Waals surface area contributed by atoms with Crippen LogP contribution < -0.4 is 5.73 Å². The summed E-state index contributed by atoms with van der Waals surface area (Å²) in [4.78, 5) is 4.37. The Balaban J connectivity index is 2.19. The van der Waals surface area contributed by atoms with E-state index in [1.165, 1.54) is 0 Å². The number of hydrogen-bond acceptors (Lipinski definition) is 3. The topological polar surface area (TPSA) is 52.0 Å². The second kappa shape index (κ2) is 3.38. The second-order valence-electron chi connectivity index (χ2n) is 3.53. The normalized spacial score (nSPS) is 10.8. The van der Waals surface area contributed by atoms with Crippen LogP contribution in [0.25, 0.3) is 22.6 Å². The molecule has 0 spiro atoms. The zero-order chi connectivity index (χ0) is 11.0. The van der Waals surface area contributed by atoms with E-state index in [1.807, 2.05) is 30.3 Å². The van der Waals surface area contributed by atoms with Crippen molar-refractivity contribution in [2.75, 3.05) is 5.73 Å². The molecule has 77 valence electrons. The molecule has 0 saturated carbocycles. The number of aromatic nitrogens is 1. The van der Waals surface area contributed by atoms with E-state index in [9.17, 15) is 0 Å². The average molecular weight is 209 g/mol. The fourth-order valence-corrected chi connectivity index (χ4v) is 1.59. The van der Waals surface area contributed by atoms with E-state index in [-0.39, 0.29) is 0 Å². The van der Waals surface area contributed by atoms with Gasteiger partial charge >= 0.3 is 0 Å². The first-order valence-corrected chi connectivity index (χ1v) is 4.96. The largest absolute Gasteiger partial charge is 0.435 e. The Hall–Kier alpha value is -2.29. The van der Waals surface area contributed by atoms with Gasteiger partial charge in [0, 0.05) is 17.3 Å². The van der Waals surface area contributed by atoms with Crippen LogP contribution in [0.15, 0.2) is 46.9 Å². The number of nitrogens with zero attached hydrogens (tertiary/aromatic N) is 1. The molecule has 0 fully saturated rings. The highest BCUT2D eigenvalue weighted by molar-refractivity contribution is 5.78. The molecule has 2 aromatic carbocycles. The minimum Gasteiger partial charge on any atom is -0.435 e. The first kappa shape index (κ1) is 8.97. The van der Waals surface area contributed by atoms with Gasteiger partial charge in [-0.25, -0.2) is 4.98 Å². The van der Waals surface area contributed by atoms with E-state index in [2.05, 4.69) is 11.1 Å². The molecule has 0 amide bonds. The van der Waals surface area contributed by atoms with Crippen molar-refractivity contribution in [3.63, 3.8) is 0 Å². The van der Waals surface area contributed by atoms with Crippen molar-refractivity contribution >= 4 is 16.8 Å². The predicted molar refractivity (Wildman–Crippen MR) is 62.7 cm³/mol. The molecule has 0 unspecified atom stereocenters. The van der Waals surface area contributed by atoms with Crippen molar-refractivity contribution in [2.45, 2.75) is 0 Å². The molecule has 3 nitrogen and oxygen atoms in total. The van der Waals surface area contributed by atoms with E-state index >= 15 is 0 Å². The van der Waals surface area contributed by atoms with Crippen molar-refractivity contribution in [2.24, 2.45) is 0 Å². The summed E-state index contributed by atoms with van der Waals surface area (Å²) in [6.07, 6.45) is 0. The average Bonchev–Trinajstić information content (AvgIpc) is 2.73. The Morgan fingerprint density at radius 3 is 2.81 bits per heavy atom. The molecule has 0 bridgehead atoms. The third-order valence-electron chi connectivity index (χ3n) is 2.35. The molecule has 3 rings (SSSR count). The van der Waals surface area contributed by atoms with Crippen molar-refractivity contribution in [3.8, 4) is 11.5 Å². The summed E-state index contributed by atoms with van der Waals surface area (Å²) in [7, 11) is 0. The van der Waals surface area contributed by atoms with E-state index in [4.69, 9.17) is 10.2 Å². The molecule has 0 saturated heterocycles. The number of rotatable bonds is 1. The summed E-state index contributed by atoms with van der Waals surface area (Å²) in [6.45, 7) is 0. The third kappa shape index (κ3) is 1.42. The van der Waals surface area contributed by atoms with Gasteiger partial charge in [-0.05, 0) is 24.3 Å². The Kier molecular flexibility index (Phi) is 1.90. The van der Waals surface area contributed by atoms with Crippen LogP contribution in [0.2, 0.25) is 0 Å². The predicted octanol–water partition coefficient (Wildman–Crippen LogP) is 2.88. The van der Waals surface area contributed by atoms with Gasteiger partial charge in [0.05, 0.1) is 0 Å². The van der Waals surface area contributed by atoms with Crippen molar-refractivity contribution in [1.82, 2.24) is 4.98 Å². The SMILES string of the molecule is Nc1c[c]c2oc(-c3ccccc3)nc2c1. The minimum atomic E-state index is 0.595. The number of oxazole rings is 1. The van der Waals surface area contributed by atoms with Crippen LogP contribution in [0, 0.1) is 6.07 Å². The van der Waals surface area contributed by atoms with E-state index in [0.717, 1.165) is 11.1 Å². The summed E-state index contributed by atoms with van der Waals surface area (Å²) in [5, 5.41) is 0. The van der Waals surface area contributed by atoms with E-state index in [0.29, 0.717) is 17.2 Å². The van der Waals surface area contributed by atoms with Crippen LogP contribution in [-0.4, -0.2) is 4.98 Å². The number of nitrogen functional groups attached to an aromatic ring is 1. The Labute approximate surface area is 92.5 Å². The molecule has 0 atom stereocenters. The van der Waals surface area contributed by atoms with Crippen LogP contribution in [0.4, 0.5) is 5.69 Å². The Morgan fingerprint density at radius 1 is 1.19 bits per heavy atom. The lowest BCUT2D eigenvalue weighted by atomic mass is 10.2. The number of benzene rings is 2. The molecule has 16 heavy (non-hydrogen) atoms. The summed E-state index contributed by atoms with van der Waals surface area (Å²) in [5.74, 6) is 0.595. The number of hydrogen-bond donors (Lipinski definition) is 1. The van der Waals surface area contributed by atoms with Crippen molar-refractivity contribution < 1.29 is 4.42 Å². The third-order valence-corrected chi connectivity index (χ3v) is 2.35. The molecule has 3 heteroatoms. The maximum Gasteiger partial charge on any atom is 0.227 e. The highest BCUT2D eigenvalue weighted by atomic mass is 16.3. The number of anilines is 1. The second-order valence-corrected chi connectivity index (χ2v) is 3.53. The molecule has 1 heterocycles. The van der Waals surface area contributed by atoms with Crippen LogP contribution in [-0.2, 0) is 0 Å². The highest BCUT2D eigenvalue weighted by Crippen LogP contribution is 2.24. The molecule has 1 radical (unpaired) electrons. The lowest BCUT2D eigenvalue weighted by Gasteiger charge is -1.91. The molecule has 0 aliphatic rings. The molecule has 0 aliphatic heterocycles. The summed E-state index contributed by atoms with van der Waals surface area (Å²) >= 11 is 0. The molecule has 0 aliphatic carbocycles. The van der Waals surface area contributed by atoms with E-state index < -0.39 is 0 Å². The standard InChI is InChI=1S/C13H9N2O/c14-10-6-7-12-11(8-10)15-13(16-12)9-4-2-1-3-5-9/h1-6,8H,14H2. The van der Waals surface area contributed by atoms with Gasteiger partial charge in [-0.15, -0.1) is 0 Å². The van der Waals surface area contributed by atoms with Gasteiger partial charge in [0.15, 0.2) is 5.58 Å². The zero-order valence-corrected chi connectivity index (χ0v) is 8.47. The van der Waals surface area contributed by atoms with Crippen molar-refractivity contribution in [3.05, 3.63) is 48.5 Å². The summed E-state index contributed by atoms with van der Waals surface area (Å²) in [6, 6.07) is 16.2. The van der Waals surface area contributed by atoms with Gasteiger partial charge < -0.3 is 10.2 Å². The van der Waals surface area contributed by atoms with Gasteiger partial charge in [0.2, 0.25) is 5.89 Å². The summed E-state index contributed by atoms with van der Waals surface area (Å²) in [5.41, 5.74) is 8.62. The van der Waals surface area contributed by atoms with Crippen LogP contribution in [0.3, 0.4) is 0 Å². The Bertz CT molecular complexity index is 629. The van der Waals surface area contributed by atoms with Gasteiger partial charge in [-0.1, -0.05) is 18.2 Å². The monoisotopic (exact) mass is 209 g/mol. The molecular weight excluding hydrogens is 200 g/mol. The van der Waals surface area contributed by atoms with Gasteiger partial charge in [-0.2, -0.15) is 0 Å². The molecule has 1 aromatic heterocycles. The maximum absolute atomic E-state index is 5.66. The number of nitrogens with two attached hydrogens (primary N) is 1.